The van der Waals surface area contributed by atoms with Crippen molar-refractivity contribution in [1.29, 1.82) is 0 Å². The molecular formula is C20H23FN6O2S. The molecule has 8 nitrogen and oxygen atoms in total. The fourth-order valence-electron chi connectivity index (χ4n) is 3.50. The number of benzene rings is 1. The Kier molecular flexibility index (Phi) is 5.29. The summed E-state index contributed by atoms with van der Waals surface area (Å²) in [6.07, 6.45) is 1.73. The Bertz CT molecular complexity index is 1190. The van der Waals surface area contributed by atoms with E-state index in [1.165, 1.54) is 22.5 Å². The molecule has 0 spiro atoms. The molecule has 158 valence electrons. The molecule has 2 aromatic heterocycles. The van der Waals surface area contributed by atoms with E-state index in [2.05, 4.69) is 15.0 Å². The highest BCUT2D eigenvalue weighted by Crippen LogP contribution is 2.23. The third-order valence-electron chi connectivity index (χ3n) is 5.33. The maximum Gasteiger partial charge on any atom is 0.246 e. The van der Waals surface area contributed by atoms with Gasteiger partial charge in [0, 0.05) is 37.9 Å². The number of hydrogen-bond acceptors (Lipinski definition) is 6. The van der Waals surface area contributed by atoms with E-state index in [9.17, 15) is 12.8 Å². The molecule has 0 N–H and O–H groups in total. The first kappa shape index (κ1) is 20.4. The Morgan fingerprint density at radius 1 is 0.967 bits per heavy atom. The fraction of sp³-hybridized carbons (Fsp3) is 0.350. The molecule has 4 rings (SSSR count). The molecule has 30 heavy (non-hydrogen) atoms. The first-order valence-corrected chi connectivity index (χ1v) is 11.1. The average molecular weight is 431 g/mol. The standard InChI is InChI=1S/C20H23FN6O2S/c1-14-15(2)27(13-22-14)20-12-19(23-16(3)24-20)25-8-10-26(11-9-25)30(28,29)18-7-5-4-6-17(18)21/h4-7,12-13H,8-11H2,1-3H3. The topological polar surface area (TPSA) is 84.2 Å². The molecule has 1 saturated heterocycles. The number of rotatable bonds is 4. The highest BCUT2D eigenvalue weighted by atomic mass is 32.2. The van der Waals surface area contributed by atoms with E-state index >= 15 is 0 Å². The van der Waals surface area contributed by atoms with E-state index in [0.717, 1.165) is 29.1 Å². The average Bonchev–Trinajstić information content (AvgIpc) is 3.06. The zero-order valence-electron chi connectivity index (χ0n) is 17.1. The molecule has 0 atom stereocenters. The van der Waals surface area contributed by atoms with E-state index in [4.69, 9.17) is 0 Å². The van der Waals surface area contributed by atoms with Crippen LogP contribution in [-0.2, 0) is 10.0 Å². The van der Waals surface area contributed by atoms with E-state index in [1.807, 2.05) is 36.3 Å². The summed E-state index contributed by atoms with van der Waals surface area (Å²) in [4.78, 5) is 15.1. The van der Waals surface area contributed by atoms with Crippen LogP contribution in [0.5, 0.6) is 0 Å². The molecule has 1 aliphatic rings. The summed E-state index contributed by atoms with van der Waals surface area (Å²) in [5.41, 5.74) is 1.93. The van der Waals surface area contributed by atoms with E-state index in [0.29, 0.717) is 18.9 Å². The van der Waals surface area contributed by atoms with Crippen LogP contribution >= 0.6 is 0 Å². The van der Waals surface area contributed by atoms with Crippen molar-refractivity contribution in [3.05, 3.63) is 59.7 Å². The van der Waals surface area contributed by atoms with Crippen molar-refractivity contribution in [2.75, 3.05) is 31.1 Å². The molecule has 1 aliphatic heterocycles. The molecule has 0 unspecified atom stereocenters. The van der Waals surface area contributed by atoms with Crippen molar-refractivity contribution < 1.29 is 12.8 Å². The van der Waals surface area contributed by atoms with Gasteiger partial charge in [-0.15, -0.1) is 0 Å². The Balaban J connectivity index is 1.55. The molecule has 10 heteroatoms. The second kappa shape index (κ2) is 7.77. The number of anilines is 1. The summed E-state index contributed by atoms with van der Waals surface area (Å²) in [6, 6.07) is 7.34. The quantitative estimate of drug-likeness (QED) is 0.631. The number of hydrogen-bond donors (Lipinski definition) is 0. The molecule has 3 heterocycles. The summed E-state index contributed by atoms with van der Waals surface area (Å²) >= 11 is 0. The first-order valence-electron chi connectivity index (χ1n) is 9.63. The van der Waals surface area contributed by atoms with Crippen LogP contribution < -0.4 is 4.90 Å². The lowest BCUT2D eigenvalue weighted by atomic mass is 10.3. The van der Waals surface area contributed by atoms with Crippen molar-refractivity contribution in [1.82, 2.24) is 23.8 Å². The zero-order chi connectivity index (χ0) is 21.5. The lowest BCUT2D eigenvalue weighted by Gasteiger charge is -2.34. The van der Waals surface area contributed by atoms with Crippen molar-refractivity contribution >= 4 is 15.8 Å². The minimum atomic E-state index is -3.87. The molecular weight excluding hydrogens is 407 g/mol. The van der Waals surface area contributed by atoms with Crippen LogP contribution in [0.25, 0.3) is 5.82 Å². The van der Waals surface area contributed by atoms with Crippen LogP contribution in [0.15, 0.2) is 41.6 Å². The molecule has 1 fully saturated rings. The van der Waals surface area contributed by atoms with Crippen LogP contribution in [0.4, 0.5) is 10.2 Å². The lowest BCUT2D eigenvalue weighted by Crippen LogP contribution is -2.49. The summed E-state index contributed by atoms with van der Waals surface area (Å²) < 4.78 is 42.9. The molecule has 0 radical (unpaired) electrons. The third-order valence-corrected chi connectivity index (χ3v) is 7.26. The van der Waals surface area contributed by atoms with Gasteiger partial charge in [0.15, 0.2) is 0 Å². The van der Waals surface area contributed by atoms with Crippen LogP contribution in [-0.4, -0.2) is 58.4 Å². The first-order chi connectivity index (χ1) is 14.3. The predicted octanol–water partition coefficient (Wildman–Crippen LogP) is 2.24. The zero-order valence-corrected chi connectivity index (χ0v) is 17.9. The molecule has 1 aromatic carbocycles. The molecule has 0 amide bonds. The normalized spacial score (nSPS) is 15.5. The monoisotopic (exact) mass is 430 g/mol. The van der Waals surface area contributed by atoms with Gasteiger partial charge in [-0.2, -0.15) is 4.31 Å². The summed E-state index contributed by atoms with van der Waals surface area (Å²) in [5.74, 6) is 1.33. The van der Waals surface area contributed by atoms with Crippen molar-refractivity contribution in [2.24, 2.45) is 0 Å². The van der Waals surface area contributed by atoms with E-state index < -0.39 is 15.8 Å². The number of piperazine rings is 1. The van der Waals surface area contributed by atoms with E-state index in [1.54, 1.807) is 6.33 Å². The van der Waals surface area contributed by atoms with Gasteiger partial charge in [-0.3, -0.25) is 4.57 Å². The van der Waals surface area contributed by atoms with Gasteiger partial charge in [-0.1, -0.05) is 12.1 Å². The minimum absolute atomic E-state index is 0.248. The van der Waals surface area contributed by atoms with E-state index in [-0.39, 0.29) is 18.0 Å². The lowest BCUT2D eigenvalue weighted by molar-refractivity contribution is 0.381. The van der Waals surface area contributed by atoms with Crippen LogP contribution in [0, 0.1) is 26.6 Å². The van der Waals surface area contributed by atoms with Crippen LogP contribution in [0.2, 0.25) is 0 Å². The van der Waals surface area contributed by atoms with Crippen LogP contribution in [0.1, 0.15) is 17.2 Å². The maximum atomic E-state index is 14.0. The fourth-order valence-corrected chi connectivity index (χ4v) is 4.99. The Morgan fingerprint density at radius 2 is 1.63 bits per heavy atom. The Labute approximate surface area is 175 Å². The summed E-state index contributed by atoms with van der Waals surface area (Å²) in [5, 5.41) is 0. The van der Waals surface area contributed by atoms with Gasteiger partial charge in [0.1, 0.15) is 34.5 Å². The number of aromatic nitrogens is 4. The summed E-state index contributed by atoms with van der Waals surface area (Å²) in [7, 11) is -3.87. The molecule has 0 aliphatic carbocycles. The van der Waals surface area contributed by atoms with Crippen molar-refractivity contribution in [3.8, 4) is 5.82 Å². The van der Waals surface area contributed by atoms with Crippen LogP contribution in [0.3, 0.4) is 0 Å². The summed E-state index contributed by atoms with van der Waals surface area (Å²) in [6.45, 7) is 7.14. The number of halogens is 1. The molecule has 0 saturated carbocycles. The van der Waals surface area contributed by atoms with Gasteiger partial charge in [0.2, 0.25) is 10.0 Å². The Morgan fingerprint density at radius 3 is 2.27 bits per heavy atom. The molecule has 0 bridgehead atoms. The van der Waals surface area contributed by atoms with Gasteiger partial charge in [0.05, 0.1) is 5.69 Å². The minimum Gasteiger partial charge on any atom is -0.354 e. The maximum absolute atomic E-state index is 14.0. The predicted molar refractivity (Wildman–Crippen MR) is 111 cm³/mol. The van der Waals surface area contributed by atoms with Crippen molar-refractivity contribution in [2.45, 2.75) is 25.7 Å². The third kappa shape index (κ3) is 3.68. The highest BCUT2D eigenvalue weighted by molar-refractivity contribution is 7.89. The number of sulfonamides is 1. The van der Waals surface area contributed by atoms with Gasteiger partial charge >= 0.3 is 0 Å². The highest BCUT2D eigenvalue weighted by Gasteiger charge is 2.31. The van der Waals surface area contributed by atoms with Gasteiger partial charge in [-0.05, 0) is 32.9 Å². The van der Waals surface area contributed by atoms with Gasteiger partial charge in [-0.25, -0.2) is 27.8 Å². The number of nitrogens with zero attached hydrogens (tertiary/aromatic N) is 6. The molecule has 3 aromatic rings. The van der Waals surface area contributed by atoms with Gasteiger partial charge in [0.25, 0.3) is 0 Å². The largest absolute Gasteiger partial charge is 0.354 e. The SMILES string of the molecule is Cc1nc(N2CCN(S(=O)(=O)c3ccccc3F)CC2)cc(-n2cnc(C)c2C)n1. The van der Waals surface area contributed by atoms with Crippen molar-refractivity contribution in [3.63, 3.8) is 0 Å². The number of imidazole rings is 1. The number of aryl methyl sites for hydroxylation is 2. The second-order valence-corrected chi connectivity index (χ2v) is 9.14. The second-order valence-electron chi connectivity index (χ2n) is 7.24. The smallest absolute Gasteiger partial charge is 0.246 e. The Hall–Kier alpha value is -2.85. The van der Waals surface area contributed by atoms with Gasteiger partial charge < -0.3 is 4.90 Å².